The average molecular weight is 293 g/mol. The first-order valence-corrected chi connectivity index (χ1v) is 7.21. The molecule has 1 saturated heterocycles. The Labute approximate surface area is 123 Å². The number of amides is 1. The van der Waals surface area contributed by atoms with Crippen molar-refractivity contribution in [1.82, 2.24) is 4.90 Å². The van der Waals surface area contributed by atoms with E-state index in [9.17, 15) is 14.3 Å². The first-order chi connectivity index (χ1) is 9.97. The van der Waals surface area contributed by atoms with Crippen molar-refractivity contribution in [3.8, 4) is 0 Å². The Morgan fingerprint density at radius 1 is 1.38 bits per heavy atom. The average Bonchev–Trinajstić information content (AvgIpc) is 2.73. The van der Waals surface area contributed by atoms with Gasteiger partial charge >= 0.3 is 0 Å². The molecule has 0 spiro atoms. The van der Waals surface area contributed by atoms with Gasteiger partial charge < -0.3 is 20.2 Å². The molecule has 2 aliphatic heterocycles. The molecular weight excluding hydrogens is 273 g/mol. The maximum Gasteiger partial charge on any atom is 0.257 e. The molecule has 0 saturated carbocycles. The van der Waals surface area contributed by atoms with Crippen LogP contribution in [0.2, 0.25) is 0 Å². The molecule has 21 heavy (non-hydrogen) atoms. The summed E-state index contributed by atoms with van der Waals surface area (Å²) in [4.78, 5) is 15.7. The lowest BCUT2D eigenvalue weighted by atomic mass is 10.0. The van der Waals surface area contributed by atoms with Crippen molar-refractivity contribution in [2.45, 2.75) is 25.0 Å². The Balaban J connectivity index is 1.86. The van der Waals surface area contributed by atoms with Crippen molar-refractivity contribution >= 4 is 17.3 Å². The number of nitrogens with one attached hydrogen (secondary N) is 1. The number of carbonyl (C=O) groups is 1. The number of aliphatic hydroxyl groups excluding tert-OH is 1. The monoisotopic (exact) mass is 293 g/mol. The zero-order chi connectivity index (χ0) is 15.1. The third-order valence-electron chi connectivity index (χ3n) is 4.54. The van der Waals surface area contributed by atoms with Crippen LogP contribution in [0.5, 0.6) is 0 Å². The van der Waals surface area contributed by atoms with Gasteiger partial charge in [-0.2, -0.15) is 0 Å². The molecule has 5 nitrogen and oxygen atoms in total. The topological polar surface area (TPSA) is 55.8 Å². The molecule has 0 aliphatic carbocycles. The van der Waals surface area contributed by atoms with Gasteiger partial charge in [-0.1, -0.05) is 0 Å². The van der Waals surface area contributed by atoms with Crippen molar-refractivity contribution in [3.63, 3.8) is 0 Å². The summed E-state index contributed by atoms with van der Waals surface area (Å²) in [5, 5.41) is 12.3. The number of likely N-dealkylation sites (tertiary alicyclic amines) is 1. The Morgan fingerprint density at radius 2 is 2.05 bits per heavy atom. The summed E-state index contributed by atoms with van der Waals surface area (Å²) in [6.45, 7) is 1.99. The van der Waals surface area contributed by atoms with Crippen LogP contribution in [0.4, 0.5) is 15.8 Å². The summed E-state index contributed by atoms with van der Waals surface area (Å²) >= 11 is 0. The number of benzene rings is 1. The number of piperidine rings is 1. The van der Waals surface area contributed by atoms with E-state index in [1.807, 2.05) is 11.9 Å². The zero-order valence-corrected chi connectivity index (χ0v) is 12.3. The number of nitrogens with zero attached hydrogens (tertiary/aromatic N) is 2. The molecule has 6 heteroatoms. The van der Waals surface area contributed by atoms with Crippen molar-refractivity contribution in [3.05, 3.63) is 23.5 Å². The van der Waals surface area contributed by atoms with Gasteiger partial charge in [0.1, 0.15) is 5.82 Å². The van der Waals surface area contributed by atoms with E-state index >= 15 is 0 Å². The summed E-state index contributed by atoms with van der Waals surface area (Å²) in [6.07, 6.45) is 0.703. The Morgan fingerprint density at radius 3 is 2.71 bits per heavy atom. The van der Waals surface area contributed by atoms with Crippen molar-refractivity contribution < 1.29 is 14.3 Å². The Hall–Kier alpha value is -1.66. The standard InChI is InChI=1S/C15H20FN3O2/c1-18-5-3-9(4-6-18)19(2)13-8-12-10(7-11(13)16)14(20)15(21)17-12/h7-9,14,20H,3-6H2,1-2H3,(H,17,21). The van der Waals surface area contributed by atoms with Gasteiger partial charge in [-0.25, -0.2) is 4.39 Å². The number of carbonyl (C=O) groups excluding carboxylic acids is 1. The van der Waals surface area contributed by atoms with Gasteiger partial charge in [0.2, 0.25) is 0 Å². The van der Waals surface area contributed by atoms with Crippen LogP contribution in [0.1, 0.15) is 24.5 Å². The van der Waals surface area contributed by atoms with E-state index in [4.69, 9.17) is 0 Å². The molecule has 2 N–H and O–H groups in total. The SMILES string of the molecule is CN1CCC(N(C)c2cc3c(cc2F)C(O)C(=O)N3)CC1. The van der Waals surface area contributed by atoms with Crippen LogP contribution in [0, 0.1) is 5.82 Å². The fourth-order valence-corrected chi connectivity index (χ4v) is 3.10. The second kappa shape index (κ2) is 5.27. The van der Waals surface area contributed by atoms with E-state index in [2.05, 4.69) is 17.3 Å². The number of anilines is 2. The van der Waals surface area contributed by atoms with Crippen molar-refractivity contribution in [2.24, 2.45) is 0 Å². The highest BCUT2D eigenvalue weighted by atomic mass is 19.1. The second-order valence-corrected chi connectivity index (χ2v) is 5.93. The van der Waals surface area contributed by atoms with E-state index < -0.39 is 17.8 Å². The molecule has 1 aromatic carbocycles. The van der Waals surface area contributed by atoms with Crippen molar-refractivity contribution in [1.29, 1.82) is 0 Å². The van der Waals surface area contributed by atoms with Crippen LogP contribution in [0.15, 0.2) is 12.1 Å². The van der Waals surface area contributed by atoms with Crippen LogP contribution in [-0.2, 0) is 4.79 Å². The van der Waals surface area contributed by atoms with Gasteiger partial charge in [0.05, 0.1) is 5.69 Å². The highest BCUT2D eigenvalue weighted by Crippen LogP contribution is 2.36. The predicted octanol–water partition coefficient (Wildman–Crippen LogP) is 1.34. The van der Waals surface area contributed by atoms with E-state index in [0.29, 0.717) is 16.9 Å². The molecule has 1 amide bonds. The van der Waals surface area contributed by atoms with Gasteiger partial charge in [-0.3, -0.25) is 4.79 Å². The zero-order valence-electron chi connectivity index (χ0n) is 12.3. The van der Waals surface area contributed by atoms with Gasteiger partial charge in [-0.05, 0) is 45.1 Å². The summed E-state index contributed by atoms with van der Waals surface area (Å²) in [5.41, 5.74) is 1.29. The molecule has 3 rings (SSSR count). The third-order valence-corrected chi connectivity index (χ3v) is 4.54. The molecular formula is C15H20FN3O2. The summed E-state index contributed by atoms with van der Waals surface area (Å²) in [7, 11) is 3.97. The van der Waals surface area contributed by atoms with Gasteiger partial charge in [0.25, 0.3) is 5.91 Å². The minimum atomic E-state index is -1.27. The normalized spacial score (nSPS) is 23.0. The van der Waals surface area contributed by atoms with E-state index in [-0.39, 0.29) is 6.04 Å². The smallest absolute Gasteiger partial charge is 0.257 e. The number of rotatable bonds is 2. The Bertz CT molecular complexity index is 570. The second-order valence-electron chi connectivity index (χ2n) is 5.93. The van der Waals surface area contributed by atoms with Crippen LogP contribution in [0.25, 0.3) is 0 Å². The first kappa shape index (κ1) is 14.3. The minimum Gasteiger partial charge on any atom is -0.378 e. The number of fused-ring (bicyclic) bond motifs is 1. The third kappa shape index (κ3) is 2.49. The molecule has 1 atom stereocenters. The summed E-state index contributed by atoms with van der Waals surface area (Å²) in [6, 6.07) is 3.17. The fraction of sp³-hybridized carbons (Fsp3) is 0.533. The highest BCUT2D eigenvalue weighted by Gasteiger charge is 2.31. The molecule has 0 radical (unpaired) electrons. The maximum atomic E-state index is 14.3. The first-order valence-electron chi connectivity index (χ1n) is 7.21. The molecule has 114 valence electrons. The fourth-order valence-electron chi connectivity index (χ4n) is 3.10. The van der Waals surface area contributed by atoms with E-state index in [0.717, 1.165) is 25.9 Å². The van der Waals surface area contributed by atoms with Crippen LogP contribution >= 0.6 is 0 Å². The van der Waals surface area contributed by atoms with Crippen LogP contribution in [0.3, 0.4) is 0 Å². The van der Waals surface area contributed by atoms with E-state index in [1.54, 1.807) is 6.07 Å². The lowest BCUT2D eigenvalue weighted by molar-refractivity contribution is -0.123. The predicted molar refractivity (Wildman–Crippen MR) is 78.9 cm³/mol. The summed E-state index contributed by atoms with van der Waals surface area (Å²) < 4.78 is 14.3. The number of aliphatic hydroxyl groups is 1. The lowest BCUT2D eigenvalue weighted by Crippen LogP contribution is -2.42. The quantitative estimate of drug-likeness (QED) is 0.864. The maximum absolute atomic E-state index is 14.3. The van der Waals surface area contributed by atoms with Crippen molar-refractivity contribution in [2.75, 3.05) is 37.4 Å². The molecule has 1 fully saturated rings. The highest BCUT2D eigenvalue weighted by molar-refractivity contribution is 6.02. The van der Waals surface area contributed by atoms with Crippen LogP contribution in [-0.4, -0.2) is 49.1 Å². The molecule has 1 aromatic rings. The number of halogens is 1. The van der Waals surface area contributed by atoms with Gasteiger partial charge in [0, 0.05) is 24.3 Å². The Kier molecular flexibility index (Phi) is 3.59. The molecule has 2 heterocycles. The molecule has 2 aliphatic rings. The van der Waals surface area contributed by atoms with Crippen LogP contribution < -0.4 is 10.2 Å². The lowest BCUT2D eigenvalue weighted by Gasteiger charge is -2.36. The minimum absolute atomic E-state index is 0.288. The van der Waals surface area contributed by atoms with Gasteiger partial charge in [-0.15, -0.1) is 0 Å². The van der Waals surface area contributed by atoms with E-state index in [1.165, 1.54) is 6.07 Å². The molecule has 0 bridgehead atoms. The molecule has 0 aromatic heterocycles. The summed E-state index contributed by atoms with van der Waals surface area (Å²) in [5.74, 6) is -0.894. The largest absolute Gasteiger partial charge is 0.378 e. The molecule has 1 unspecified atom stereocenters. The van der Waals surface area contributed by atoms with Gasteiger partial charge in [0.15, 0.2) is 6.10 Å². The number of hydrogen-bond acceptors (Lipinski definition) is 4. The number of hydrogen-bond donors (Lipinski definition) is 2.